The molecule has 0 atom stereocenters. The normalized spacial score (nSPS) is 17.2. The minimum Gasteiger partial charge on any atom is -0.385 e. The van der Waals surface area contributed by atoms with Crippen LogP contribution in [0, 0.1) is 6.92 Å². The molecule has 0 bridgehead atoms. The van der Waals surface area contributed by atoms with Gasteiger partial charge in [-0.15, -0.1) is 0 Å². The summed E-state index contributed by atoms with van der Waals surface area (Å²) in [5.41, 5.74) is 2.38. The number of aryl methyl sites for hydroxylation is 1. The lowest BCUT2D eigenvalue weighted by molar-refractivity contribution is 0.0908. The fourth-order valence-electron chi connectivity index (χ4n) is 2.70. The van der Waals surface area contributed by atoms with E-state index >= 15 is 0 Å². The van der Waals surface area contributed by atoms with Gasteiger partial charge in [-0.1, -0.05) is 12.8 Å². The largest absolute Gasteiger partial charge is 0.385 e. The first-order chi connectivity index (χ1) is 9.04. The first-order valence-electron chi connectivity index (χ1n) is 7.07. The molecular weight excluding hydrogens is 238 g/mol. The maximum Gasteiger partial charge on any atom is 0.255 e. The minimum atomic E-state index is -0.0501. The molecule has 1 fully saturated rings. The van der Waals surface area contributed by atoms with Gasteiger partial charge in [0.1, 0.15) is 0 Å². The lowest BCUT2D eigenvalue weighted by atomic mass is 10.00. The third kappa shape index (κ3) is 3.25. The Morgan fingerprint density at radius 3 is 2.74 bits per heavy atom. The van der Waals surface area contributed by atoms with E-state index in [0.29, 0.717) is 5.56 Å². The number of pyridine rings is 1. The van der Waals surface area contributed by atoms with Crippen molar-refractivity contribution in [2.24, 2.45) is 0 Å². The Balaban J connectivity index is 2.18. The van der Waals surface area contributed by atoms with Crippen molar-refractivity contribution >= 4 is 11.6 Å². The van der Waals surface area contributed by atoms with Crippen LogP contribution in [0.4, 0.5) is 5.69 Å². The van der Waals surface area contributed by atoms with E-state index in [4.69, 9.17) is 0 Å². The Hall–Kier alpha value is -1.58. The van der Waals surface area contributed by atoms with Crippen molar-refractivity contribution in [3.05, 3.63) is 23.5 Å². The summed E-state index contributed by atoms with van der Waals surface area (Å²) >= 11 is 0. The second kappa shape index (κ2) is 5.59. The van der Waals surface area contributed by atoms with E-state index in [1.807, 2.05) is 19.9 Å². The van der Waals surface area contributed by atoms with Crippen LogP contribution in [0.5, 0.6) is 0 Å². The van der Waals surface area contributed by atoms with Crippen molar-refractivity contribution in [2.45, 2.75) is 52.0 Å². The van der Waals surface area contributed by atoms with Crippen LogP contribution in [0.25, 0.3) is 0 Å². The summed E-state index contributed by atoms with van der Waals surface area (Å²) in [7, 11) is 0. The van der Waals surface area contributed by atoms with Crippen LogP contribution in [0.1, 0.15) is 55.6 Å². The van der Waals surface area contributed by atoms with Crippen LogP contribution < -0.4 is 10.6 Å². The van der Waals surface area contributed by atoms with Crippen molar-refractivity contribution in [3.63, 3.8) is 0 Å². The van der Waals surface area contributed by atoms with Gasteiger partial charge in [0.15, 0.2) is 0 Å². The third-order valence-electron chi connectivity index (χ3n) is 3.77. The van der Waals surface area contributed by atoms with Crippen LogP contribution in [-0.4, -0.2) is 23.0 Å². The Labute approximate surface area is 115 Å². The van der Waals surface area contributed by atoms with Crippen LogP contribution in [0.15, 0.2) is 12.3 Å². The molecule has 1 aromatic heterocycles. The average molecular weight is 261 g/mol. The van der Waals surface area contributed by atoms with E-state index in [9.17, 15) is 4.79 Å². The van der Waals surface area contributed by atoms with Gasteiger partial charge in [0.2, 0.25) is 0 Å². The van der Waals surface area contributed by atoms with E-state index in [1.54, 1.807) is 6.20 Å². The molecule has 1 aromatic rings. The molecule has 2 rings (SSSR count). The Morgan fingerprint density at radius 2 is 2.11 bits per heavy atom. The van der Waals surface area contributed by atoms with E-state index in [2.05, 4.69) is 22.5 Å². The SMILES string of the molecule is CCNc1cc(C)ncc1C(=O)NC1(C)CCCC1. The molecule has 0 radical (unpaired) electrons. The summed E-state index contributed by atoms with van der Waals surface area (Å²) < 4.78 is 0. The predicted molar refractivity (Wildman–Crippen MR) is 77.5 cm³/mol. The van der Waals surface area contributed by atoms with Crippen molar-refractivity contribution in [3.8, 4) is 0 Å². The van der Waals surface area contributed by atoms with Gasteiger partial charge in [-0.25, -0.2) is 0 Å². The molecule has 0 saturated heterocycles. The minimum absolute atomic E-state index is 0.0205. The molecule has 0 aromatic carbocycles. The van der Waals surface area contributed by atoms with Gasteiger partial charge in [-0.2, -0.15) is 0 Å². The zero-order chi connectivity index (χ0) is 13.9. The highest BCUT2D eigenvalue weighted by Crippen LogP contribution is 2.29. The second-order valence-corrected chi connectivity index (χ2v) is 5.62. The van der Waals surface area contributed by atoms with Crippen molar-refractivity contribution in [1.29, 1.82) is 0 Å². The number of rotatable bonds is 4. The van der Waals surface area contributed by atoms with Crippen LogP contribution >= 0.6 is 0 Å². The van der Waals surface area contributed by atoms with Gasteiger partial charge in [0.05, 0.1) is 11.3 Å². The molecule has 1 aliphatic carbocycles. The average Bonchev–Trinajstić information content (AvgIpc) is 2.76. The molecule has 104 valence electrons. The summed E-state index contributed by atoms with van der Waals surface area (Å²) in [6, 6.07) is 1.93. The molecule has 1 amide bonds. The molecule has 0 spiro atoms. The highest BCUT2D eigenvalue weighted by Gasteiger charge is 2.31. The quantitative estimate of drug-likeness (QED) is 0.876. The maximum atomic E-state index is 12.4. The zero-order valence-corrected chi connectivity index (χ0v) is 12.0. The smallest absolute Gasteiger partial charge is 0.255 e. The number of nitrogens with zero attached hydrogens (tertiary/aromatic N) is 1. The summed E-state index contributed by atoms with van der Waals surface area (Å²) in [5, 5.41) is 6.41. The van der Waals surface area contributed by atoms with Gasteiger partial charge < -0.3 is 10.6 Å². The summed E-state index contributed by atoms with van der Waals surface area (Å²) in [6.45, 7) is 6.88. The molecule has 0 unspecified atom stereocenters. The molecule has 1 heterocycles. The van der Waals surface area contributed by atoms with Crippen molar-refractivity contribution in [2.75, 3.05) is 11.9 Å². The van der Waals surface area contributed by atoms with Gasteiger partial charge in [-0.05, 0) is 39.7 Å². The lowest BCUT2D eigenvalue weighted by Gasteiger charge is -2.25. The maximum absolute atomic E-state index is 12.4. The number of carbonyl (C=O) groups excluding carboxylic acids is 1. The van der Waals surface area contributed by atoms with Crippen LogP contribution in [0.3, 0.4) is 0 Å². The molecule has 19 heavy (non-hydrogen) atoms. The molecule has 1 saturated carbocycles. The van der Waals surface area contributed by atoms with E-state index in [-0.39, 0.29) is 11.4 Å². The molecule has 0 aliphatic heterocycles. The number of carbonyl (C=O) groups is 1. The molecular formula is C15H23N3O. The zero-order valence-electron chi connectivity index (χ0n) is 12.0. The number of hydrogen-bond donors (Lipinski definition) is 2. The monoisotopic (exact) mass is 261 g/mol. The highest BCUT2D eigenvalue weighted by atomic mass is 16.1. The number of hydrogen-bond acceptors (Lipinski definition) is 3. The van der Waals surface area contributed by atoms with Crippen LogP contribution in [0.2, 0.25) is 0 Å². The number of anilines is 1. The number of nitrogens with one attached hydrogen (secondary N) is 2. The van der Waals surface area contributed by atoms with Gasteiger partial charge in [0, 0.05) is 24.0 Å². The van der Waals surface area contributed by atoms with Crippen molar-refractivity contribution < 1.29 is 4.79 Å². The molecule has 2 N–H and O–H groups in total. The summed E-state index contributed by atoms with van der Waals surface area (Å²) in [4.78, 5) is 16.7. The van der Waals surface area contributed by atoms with Gasteiger partial charge in [0.25, 0.3) is 5.91 Å². The van der Waals surface area contributed by atoms with Crippen LogP contribution in [-0.2, 0) is 0 Å². The third-order valence-corrected chi connectivity index (χ3v) is 3.77. The van der Waals surface area contributed by atoms with Gasteiger partial charge in [-0.3, -0.25) is 9.78 Å². The fraction of sp³-hybridized carbons (Fsp3) is 0.600. The standard InChI is InChI=1S/C15H23N3O/c1-4-16-13-9-11(2)17-10-12(13)14(19)18-15(3)7-5-6-8-15/h9-10H,4-8H2,1-3H3,(H,16,17)(H,18,19). The molecule has 4 nitrogen and oxygen atoms in total. The molecule has 1 aliphatic rings. The Kier molecular flexibility index (Phi) is 4.08. The first kappa shape index (κ1) is 13.8. The topological polar surface area (TPSA) is 54.0 Å². The number of amides is 1. The first-order valence-corrected chi connectivity index (χ1v) is 7.07. The van der Waals surface area contributed by atoms with E-state index in [1.165, 1.54) is 12.8 Å². The fourth-order valence-corrected chi connectivity index (χ4v) is 2.70. The van der Waals surface area contributed by atoms with E-state index < -0.39 is 0 Å². The second-order valence-electron chi connectivity index (χ2n) is 5.62. The number of aromatic nitrogens is 1. The Bertz CT molecular complexity index is 464. The Morgan fingerprint density at radius 1 is 1.42 bits per heavy atom. The summed E-state index contributed by atoms with van der Waals surface area (Å²) in [5.74, 6) is -0.0205. The highest BCUT2D eigenvalue weighted by molar-refractivity contribution is 5.99. The van der Waals surface area contributed by atoms with Crippen molar-refractivity contribution in [1.82, 2.24) is 10.3 Å². The summed E-state index contributed by atoms with van der Waals surface area (Å²) in [6.07, 6.45) is 6.19. The molecule has 4 heteroatoms. The van der Waals surface area contributed by atoms with Gasteiger partial charge >= 0.3 is 0 Å². The van der Waals surface area contributed by atoms with E-state index in [0.717, 1.165) is 30.8 Å². The predicted octanol–water partition coefficient (Wildman–Crippen LogP) is 2.88. The lowest BCUT2D eigenvalue weighted by Crippen LogP contribution is -2.43.